The minimum absolute atomic E-state index is 0.465. The van der Waals surface area contributed by atoms with Gasteiger partial charge in [-0.1, -0.05) is 54.9 Å². The van der Waals surface area contributed by atoms with E-state index in [2.05, 4.69) is 48.5 Å². The molecule has 3 atom stereocenters. The Morgan fingerprint density at radius 1 is 1.05 bits per heavy atom. The largest absolute Gasteiger partial charge is 0.0654 e. The molecule has 0 heterocycles. The highest BCUT2D eigenvalue weighted by Crippen LogP contribution is 2.71. The molecule has 0 radical (unpaired) electrons. The van der Waals surface area contributed by atoms with Crippen molar-refractivity contribution >= 4 is 0 Å². The molecular formula is C19H36. The molecule has 2 saturated carbocycles. The van der Waals surface area contributed by atoms with Gasteiger partial charge in [0.15, 0.2) is 0 Å². The van der Waals surface area contributed by atoms with Crippen molar-refractivity contribution in [2.24, 2.45) is 34.0 Å². The van der Waals surface area contributed by atoms with Gasteiger partial charge in [-0.3, -0.25) is 0 Å². The summed E-state index contributed by atoms with van der Waals surface area (Å²) >= 11 is 0. The van der Waals surface area contributed by atoms with E-state index in [-0.39, 0.29) is 0 Å². The minimum atomic E-state index is 0.465. The van der Waals surface area contributed by atoms with E-state index in [9.17, 15) is 0 Å². The van der Waals surface area contributed by atoms with Crippen molar-refractivity contribution in [3.05, 3.63) is 0 Å². The Morgan fingerprint density at radius 3 is 1.95 bits per heavy atom. The molecule has 2 fully saturated rings. The maximum atomic E-state index is 2.61. The summed E-state index contributed by atoms with van der Waals surface area (Å²) in [6, 6.07) is 0. The van der Waals surface area contributed by atoms with Gasteiger partial charge in [-0.2, -0.15) is 0 Å². The summed E-state index contributed by atoms with van der Waals surface area (Å²) in [5.41, 5.74) is 1.57. The molecule has 0 aromatic heterocycles. The lowest BCUT2D eigenvalue weighted by Crippen LogP contribution is -2.50. The zero-order chi connectivity index (χ0) is 14.5. The molecule has 2 aliphatic rings. The van der Waals surface area contributed by atoms with Gasteiger partial charge in [0.25, 0.3) is 0 Å². The van der Waals surface area contributed by atoms with Crippen LogP contribution in [-0.4, -0.2) is 0 Å². The normalized spacial score (nSPS) is 37.3. The van der Waals surface area contributed by atoms with Crippen LogP contribution < -0.4 is 0 Å². The van der Waals surface area contributed by atoms with E-state index in [1.165, 1.54) is 32.1 Å². The lowest BCUT2D eigenvalue weighted by atomic mass is 9.47. The first-order chi connectivity index (χ1) is 8.74. The van der Waals surface area contributed by atoms with Crippen LogP contribution in [0.2, 0.25) is 0 Å². The average Bonchev–Trinajstić information content (AvgIpc) is 2.96. The quantitative estimate of drug-likeness (QED) is 0.528. The highest BCUT2D eigenvalue weighted by Gasteiger charge is 2.62. The molecule has 112 valence electrons. The van der Waals surface area contributed by atoms with Gasteiger partial charge < -0.3 is 0 Å². The predicted octanol–water partition coefficient (Wildman–Crippen LogP) is 6.30. The second kappa shape index (κ2) is 4.78. The molecule has 0 amide bonds. The van der Waals surface area contributed by atoms with Crippen LogP contribution in [0.15, 0.2) is 0 Å². The van der Waals surface area contributed by atoms with Gasteiger partial charge in [0.1, 0.15) is 0 Å². The van der Waals surface area contributed by atoms with Crippen molar-refractivity contribution in [2.45, 2.75) is 87.0 Å². The molecule has 0 saturated heterocycles. The zero-order valence-corrected chi connectivity index (χ0v) is 14.5. The first-order valence-corrected chi connectivity index (χ1v) is 8.74. The summed E-state index contributed by atoms with van der Waals surface area (Å²) in [6.45, 7) is 17.5. The van der Waals surface area contributed by atoms with E-state index in [0.29, 0.717) is 16.2 Å². The highest BCUT2D eigenvalue weighted by atomic mass is 14.7. The molecule has 19 heavy (non-hydrogen) atoms. The number of hydrogen-bond acceptors (Lipinski definition) is 0. The number of fused-ring (bicyclic) bond motifs is 1. The lowest BCUT2D eigenvalue weighted by Gasteiger charge is -2.58. The Morgan fingerprint density at radius 2 is 1.58 bits per heavy atom. The van der Waals surface area contributed by atoms with E-state index < -0.39 is 0 Å². The standard InChI is InChI=1S/C19H36/c1-8-10-18(7,14(3)4)17(5,6)19(9-2)12-15-11-16(15)13-19/h14-16H,8-13H2,1-7H3. The molecule has 0 bridgehead atoms. The van der Waals surface area contributed by atoms with Gasteiger partial charge in [-0.15, -0.1) is 0 Å². The molecule has 0 aromatic carbocycles. The second-order valence-electron chi connectivity index (χ2n) is 8.75. The molecule has 2 rings (SSSR count). The van der Waals surface area contributed by atoms with Crippen molar-refractivity contribution in [2.75, 3.05) is 0 Å². The predicted molar refractivity (Wildman–Crippen MR) is 85.2 cm³/mol. The fourth-order valence-corrected chi connectivity index (χ4v) is 5.59. The van der Waals surface area contributed by atoms with Gasteiger partial charge >= 0.3 is 0 Å². The topological polar surface area (TPSA) is 0 Å². The summed E-state index contributed by atoms with van der Waals surface area (Å²) in [6.07, 6.45) is 8.68. The van der Waals surface area contributed by atoms with E-state index >= 15 is 0 Å². The van der Waals surface area contributed by atoms with Gasteiger partial charge in [0.05, 0.1) is 0 Å². The van der Waals surface area contributed by atoms with Gasteiger partial charge in [0, 0.05) is 0 Å². The lowest BCUT2D eigenvalue weighted by molar-refractivity contribution is -0.0911. The van der Waals surface area contributed by atoms with Crippen molar-refractivity contribution in [1.29, 1.82) is 0 Å². The molecule has 0 nitrogen and oxygen atoms in total. The van der Waals surface area contributed by atoms with Crippen LogP contribution in [-0.2, 0) is 0 Å². The SMILES string of the molecule is CCCC(C)(C(C)C)C(C)(C)C1(CC)CC2CC2C1. The monoisotopic (exact) mass is 264 g/mol. The summed E-state index contributed by atoms with van der Waals surface area (Å²) in [4.78, 5) is 0. The summed E-state index contributed by atoms with van der Waals surface area (Å²) in [5, 5.41) is 0. The maximum absolute atomic E-state index is 2.61. The third kappa shape index (κ3) is 2.09. The van der Waals surface area contributed by atoms with Crippen LogP contribution in [0.3, 0.4) is 0 Å². The highest BCUT2D eigenvalue weighted by molar-refractivity contribution is 5.12. The van der Waals surface area contributed by atoms with Gasteiger partial charge in [-0.25, -0.2) is 0 Å². The molecule has 0 heteroatoms. The van der Waals surface area contributed by atoms with Crippen LogP contribution in [0.25, 0.3) is 0 Å². The molecule has 0 aromatic rings. The average molecular weight is 264 g/mol. The van der Waals surface area contributed by atoms with Crippen molar-refractivity contribution in [3.63, 3.8) is 0 Å². The molecule has 3 unspecified atom stereocenters. The Bertz CT molecular complexity index is 311. The van der Waals surface area contributed by atoms with Crippen LogP contribution in [0.1, 0.15) is 87.0 Å². The third-order valence-electron chi connectivity index (χ3n) is 7.85. The van der Waals surface area contributed by atoms with Crippen LogP contribution in [0.5, 0.6) is 0 Å². The van der Waals surface area contributed by atoms with Crippen molar-refractivity contribution in [1.82, 2.24) is 0 Å². The van der Waals surface area contributed by atoms with E-state index in [1.54, 1.807) is 6.42 Å². The number of rotatable bonds is 6. The fourth-order valence-electron chi connectivity index (χ4n) is 5.59. The Balaban J connectivity index is 2.32. The Labute approximate surface area is 121 Å². The van der Waals surface area contributed by atoms with E-state index in [0.717, 1.165) is 17.8 Å². The third-order valence-corrected chi connectivity index (χ3v) is 7.85. The molecule has 0 aliphatic heterocycles. The molecule has 2 aliphatic carbocycles. The smallest absolute Gasteiger partial charge is 0.0238 e. The summed E-state index contributed by atoms with van der Waals surface area (Å²) in [7, 11) is 0. The van der Waals surface area contributed by atoms with E-state index in [1.807, 2.05) is 0 Å². The minimum Gasteiger partial charge on any atom is -0.0654 e. The summed E-state index contributed by atoms with van der Waals surface area (Å²) in [5.74, 6) is 2.97. The first kappa shape index (κ1) is 15.4. The van der Waals surface area contributed by atoms with Crippen molar-refractivity contribution < 1.29 is 0 Å². The maximum Gasteiger partial charge on any atom is -0.0238 e. The fraction of sp³-hybridized carbons (Fsp3) is 1.00. The van der Waals surface area contributed by atoms with Crippen LogP contribution in [0.4, 0.5) is 0 Å². The van der Waals surface area contributed by atoms with Crippen LogP contribution >= 0.6 is 0 Å². The molecule has 0 spiro atoms. The Kier molecular flexibility index (Phi) is 3.87. The second-order valence-corrected chi connectivity index (χ2v) is 8.75. The van der Waals surface area contributed by atoms with Gasteiger partial charge in [-0.05, 0) is 66.1 Å². The molecular weight excluding hydrogens is 228 g/mol. The zero-order valence-electron chi connectivity index (χ0n) is 14.5. The van der Waals surface area contributed by atoms with Gasteiger partial charge in [0.2, 0.25) is 0 Å². The van der Waals surface area contributed by atoms with E-state index in [4.69, 9.17) is 0 Å². The summed E-state index contributed by atoms with van der Waals surface area (Å²) < 4.78 is 0. The van der Waals surface area contributed by atoms with Crippen LogP contribution in [0, 0.1) is 34.0 Å². The number of hydrogen-bond donors (Lipinski definition) is 0. The Hall–Kier alpha value is 0. The molecule has 0 N–H and O–H groups in total. The van der Waals surface area contributed by atoms with Crippen molar-refractivity contribution in [3.8, 4) is 0 Å². The first-order valence-electron chi connectivity index (χ1n) is 8.74.